The summed E-state index contributed by atoms with van der Waals surface area (Å²) in [5.41, 5.74) is 0. The average molecular weight is 306 g/mol. The number of carbonyl (C=O) groups is 1. The van der Waals surface area contributed by atoms with Crippen molar-refractivity contribution in [1.82, 2.24) is 0 Å². The van der Waals surface area contributed by atoms with Crippen molar-refractivity contribution in [2.45, 2.75) is 31.9 Å². The van der Waals surface area contributed by atoms with Gasteiger partial charge in [-0.3, -0.25) is 0 Å². The van der Waals surface area contributed by atoms with Crippen molar-refractivity contribution < 1.29 is 9.53 Å². The van der Waals surface area contributed by atoms with Crippen LogP contribution in [0.3, 0.4) is 0 Å². The standard InChI is InChI=1S/C7H11Cl3GeO2/c1-11(2,3)4-5(7(8,9)10)13-6(4)12/h4-5H,1-3H3/t4-,5-/m0/s1. The van der Waals surface area contributed by atoms with E-state index in [4.69, 9.17) is 39.5 Å². The van der Waals surface area contributed by atoms with Crippen LogP contribution in [-0.2, 0) is 9.53 Å². The Labute approximate surface area is 95.2 Å². The second-order valence-corrected chi connectivity index (χ2v) is 17.8. The molecule has 0 spiro atoms. The summed E-state index contributed by atoms with van der Waals surface area (Å²) < 4.78 is 3.23. The van der Waals surface area contributed by atoms with E-state index in [1.165, 1.54) is 0 Å². The molecule has 0 radical (unpaired) electrons. The van der Waals surface area contributed by atoms with Crippen LogP contribution in [0.2, 0.25) is 22.0 Å². The molecular weight excluding hydrogens is 295 g/mol. The molecule has 1 aliphatic rings. The number of halogens is 3. The summed E-state index contributed by atoms with van der Waals surface area (Å²) in [5.74, 6) is 6.11. The summed E-state index contributed by atoms with van der Waals surface area (Å²) in [4.78, 5) is 11.2. The number of cyclic esters (lactones) is 1. The van der Waals surface area contributed by atoms with Gasteiger partial charge in [-0.05, 0) is 0 Å². The van der Waals surface area contributed by atoms with Gasteiger partial charge in [-0.1, -0.05) is 0 Å². The first-order valence-corrected chi connectivity index (χ1v) is 12.5. The fraction of sp³-hybridized carbons (Fsp3) is 0.857. The van der Waals surface area contributed by atoms with E-state index >= 15 is 0 Å². The third-order valence-electron chi connectivity index (χ3n) is 2.06. The van der Waals surface area contributed by atoms with Crippen LogP contribution in [0, 0.1) is 0 Å². The number of carbonyl (C=O) groups excluding carboxylic acids is 1. The van der Waals surface area contributed by atoms with E-state index in [-0.39, 0.29) is 10.7 Å². The topological polar surface area (TPSA) is 26.3 Å². The second-order valence-electron chi connectivity index (χ2n) is 4.24. The zero-order chi connectivity index (χ0) is 10.4. The maximum atomic E-state index is 11.2. The minimum atomic E-state index is -2.13. The summed E-state index contributed by atoms with van der Waals surface area (Å²) in [5, 5.41) is 0. The monoisotopic (exact) mass is 306 g/mol. The summed E-state index contributed by atoms with van der Waals surface area (Å²) in [6, 6.07) is 0. The van der Waals surface area contributed by atoms with Gasteiger partial charge >= 0.3 is 95.5 Å². The van der Waals surface area contributed by atoms with Crippen LogP contribution in [-0.4, -0.2) is 29.1 Å². The molecule has 0 aliphatic carbocycles. The molecule has 1 heterocycles. The first-order chi connectivity index (χ1) is 5.64. The fourth-order valence-electron chi connectivity index (χ4n) is 1.38. The van der Waals surface area contributed by atoms with Gasteiger partial charge in [0.05, 0.1) is 0 Å². The van der Waals surface area contributed by atoms with Gasteiger partial charge in [0, 0.05) is 0 Å². The molecule has 0 unspecified atom stereocenters. The van der Waals surface area contributed by atoms with E-state index in [9.17, 15) is 4.79 Å². The fourth-order valence-corrected chi connectivity index (χ4v) is 6.76. The molecule has 13 heavy (non-hydrogen) atoms. The number of esters is 1. The molecule has 0 aromatic carbocycles. The first-order valence-electron chi connectivity index (χ1n) is 3.91. The molecule has 6 heteroatoms. The van der Waals surface area contributed by atoms with Gasteiger partial charge < -0.3 is 0 Å². The minimum absolute atomic E-state index is 0.146. The quantitative estimate of drug-likeness (QED) is 0.423. The van der Waals surface area contributed by atoms with Crippen molar-refractivity contribution in [3.05, 3.63) is 0 Å². The Bertz CT molecular complexity index is 231. The van der Waals surface area contributed by atoms with Gasteiger partial charge in [0.1, 0.15) is 0 Å². The van der Waals surface area contributed by atoms with Crippen LogP contribution in [0.4, 0.5) is 0 Å². The van der Waals surface area contributed by atoms with Crippen molar-refractivity contribution in [3.63, 3.8) is 0 Å². The molecule has 2 nitrogen and oxygen atoms in total. The molecule has 0 aromatic rings. The van der Waals surface area contributed by atoms with Crippen LogP contribution < -0.4 is 0 Å². The number of hydrogen-bond acceptors (Lipinski definition) is 2. The Kier molecular flexibility index (Phi) is 3.19. The van der Waals surface area contributed by atoms with Crippen LogP contribution in [0.15, 0.2) is 0 Å². The number of hydrogen-bond donors (Lipinski definition) is 0. The van der Waals surface area contributed by atoms with Crippen molar-refractivity contribution in [1.29, 1.82) is 0 Å². The van der Waals surface area contributed by atoms with Gasteiger partial charge in [0.2, 0.25) is 0 Å². The van der Waals surface area contributed by atoms with E-state index in [0.29, 0.717) is 0 Å². The Balaban J connectivity index is 2.79. The molecular formula is C7H11Cl3GeO2. The van der Waals surface area contributed by atoms with Crippen molar-refractivity contribution >= 4 is 54.0 Å². The van der Waals surface area contributed by atoms with Crippen molar-refractivity contribution in [2.75, 3.05) is 0 Å². The molecule has 1 fully saturated rings. The van der Waals surface area contributed by atoms with E-state index < -0.39 is 23.2 Å². The predicted octanol–water partition coefficient (Wildman–Crippen LogP) is 2.99. The number of alkyl halides is 3. The van der Waals surface area contributed by atoms with E-state index in [2.05, 4.69) is 17.3 Å². The summed E-state index contributed by atoms with van der Waals surface area (Å²) >= 11 is 14.9. The van der Waals surface area contributed by atoms with E-state index in [1.807, 2.05) is 0 Å². The van der Waals surface area contributed by atoms with Crippen LogP contribution in [0.25, 0.3) is 0 Å². The average Bonchev–Trinajstić information content (AvgIpc) is 1.75. The van der Waals surface area contributed by atoms with Crippen LogP contribution >= 0.6 is 34.8 Å². The SMILES string of the molecule is [CH3][Ge]([CH3])([CH3])[C@@H]1C(=O)O[C@@H]1C(Cl)(Cl)Cl. The summed E-state index contributed by atoms with van der Waals surface area (Å²) in [6.45, 7) is 0. The Morgan fingerprint density at radius 1 is 1.31 bits per heavy atom. The number of rotatable bonds is 1. The van der Waals surface area contributed by atoms with Gasteiger partial charge in [-0.15, -0.1) is 0 Å². The normalized spacial score (nSPS) is 29.5. The molecule has 76 valence electrons. The van der Waals surface area contributed by atoms with Gasteiger partial charge in [-0.25, -0.2) is 0 Å². The van der Waals surface area contributed by atoms with E-state index in [1.54, 1.807) is 0 Å². The van der Waals surface area contributed by atoms with Crippen LogP contribution in [0.1, 0.15) is 0 Å². The van der Waals surface area contributed by atoms with Gasteiger partial charge in [0.25, 0.3) is 0 Å². The first kappa shape index (κ1) is 12.0. The Morgan fingerprint density at radius 2 is 1.77 bits per heavy atom. The molecule has 1 saturated heterocycles. The molecule has 0 amide bonds. The maximum absolute atomic E-state index is 11.2. The Hall–Kier alpha value is 0.883. The zero-order valence-corrected chi connectivity index (χ0v) is 12.0. The van der Waals surface area contributed by atoms with Crippen molar-refractivity contribution in [3.8, 4) is 0 Å². The second kappa shape index (κ2) is 3.47. The summed E-state index contributed by atoms with van der Waals surface area (Å²) in [6.07, 6.45) is -0.537. The predicted molar refractivity (Wildman–Crippen MR) is 57.3 cm³/mol. The molecule has 0 bridgehead atoms. The third kappa shape index (κ3) is 2.46. The van der Waals surface area contributed by atoms with Crippen LogP contribution in [0.5, 0.6) is 0 Å². The van der Waals surface area contributed by atoms with E-state index in [0.717, 1.165) is 0 Å². The summed E-state index contributed by atoms with van der Waals surface area (Å²) in [7, 11) is 0. The molecule has 0 N–H and O–H groups in total. The molecule has 0 aromatic heterocycles. The van der Waals surface area contributed by atoms with Gasteiger partial charge in [-0.2, -0.15) is 0 Å². The molecule has 1 aliphatic heterocycles. The third-order valence-corrected chi connectivity index (χ3v) is 7.75. The van der Waals surface area contributed by atoms with Gasteiger partial charge in [0.15, 0.2) is 0 Å². The number of ether oxygens (including phenoxy) is 1. The molecule has 1 rings (SSSR count). The zero-order valence-electron chi connectivity index (χ0n) is 7.61. The molecule has 2 atom stereocenters. The van der Waals surface area contributed by atoms with Crippen molar-refractivity contribution in [2.24, 2.45) is 0 Å². The molecule has 0 saturated carbocycles. The Morgan fingerprint density at radius 3 is 1.92 bits per heavy atom.